The van der Waals surface area contributed by atoms with Crippen LogP contribution >= 0.6 is 15.9 Å². The molecular weight excluding hydrogens is 623 g/mol. The fourth-order valence-electron chi connectivity index (χ4n) is 9.73. The van der Waals surface area contributed by atoms with Gasteiger partial charge in [-0.15, -0.1) is 0 Å². The van der Waals surface area contributed by atoms with E-state index in [0.717, 1.165) is 64.9 Å². The number of rotatable bonds is 5. The minimum atomic E-state index is -0.790. The number of fused-ring (bicyclic) bond motifs is 7. The van der Waals surface area contributed by atoms with Crippen molar-refractivity contribution in [2.45, 2.75) is 87.7 Å². The van der Waals surface area contributed by atoms with Gasteiger partial charge in [-0.1, -0.05) is 34.5 Å². The molecule has 6 heterocycles. The number of hydrogen-bond acceptors (Lipinski definition) is 8. The van der Waals surface area contributed by atoms with Gasteiger partial charge < -0.3 is 25.0 Å². The predicted molar refractivity (Wildman–Crippen MR) is 172 cm³/mol. The Kier molecular flexibility index (Phi) is 6.54. The summed E-state index contributed by atoms with van der Waals surface area (Å²) in [5.74, 6) is 1.93. The standard InChI is InChI=1S/C34H40BrFN6O2/c35-27-5-1-3-20-11-25(43)12-30(31(20)27)40-10-9-26-28(18-40)38-33(39-32(26)41-16-23-7-8-24(17-41)37-23)44-19-34-13-21-4-2-6-29(21)42(34)15-22(36)14-34/h1,3,5,11-12,21-24,29,37,43H,2,4,6-10,13-19H2. The van der Waals surface area contributed by atoms with Crippen molar-refractivity contribution < 1.29 is 14.2 Å². The van der Waals surface area contributed by atoms with Crippen LogP contribution in [0.15, 0.2) is 34.8 Å². The summed E-state index contributed by atoms with van der Waals surface area (Å²) < 4.78 is 22.5. The van der Waals surface area contributed by atoms with Gasteiger partial charge in [0.2, 0.25) is 0 Å². The van der Waals surface area contributed by atoms with Crippen LogP contribution in [0.1, 0.15) is 56.2 Å². The number of aromatic hydroxyl groups is 1. The molecule has 4 saturated heterocycles. The Morgan fingerprint density at radius 3 is 2.77 bits per heavy atom. The van der Waals surface area contributed by atoms with Gasteiger partial charge in [0, 0.05) is 77.9 Å². The molecule has 9 rings (SSSR count). The van der Waals surface area contributed by atoms with Gasteiger partial charge in [0.15, 0.2) is 0 Å². The zero-order valence-corrected chi connectivity index (χ0v) is 26.6. The number of phenols is 1. The van der Waals surface area contributed by atoms with E-state index in [1.54, 1.807) is 0 Å². The molecule has 1 aliphatic carbocycles. The maximum atomic E-state index is 14.9. The summed E-state index contributed by atoms with van der Waals surface area (Å²) in [6.45, 7) is 4.27. The molecule has 1 saturated carbocycles. The van der Waals surface area contributed by atoms with Gasteiger partial charge in [0.05, 0.1) is 17.8 Å². The van der Waals surface area contributed by atoms with E-state index in [1.165, 1.54) is 37.7 Å². The van der Waals surface area contributed by atoms with Crippen molar-refractivity contribution in [3.8, 4) is 11.8 Å². The molecule has 5 aliphatic heterocycles. The lowest BCUT2D eigenvalue weighted by Crippen LogP contribution is -2.52. The monoisotopic (exact) mass is 662 g/mol. The molecule has 0 amide bonds. The number of hydrogen-bond donors (Lipinski definition) is 2. The molecule has 0 spiro atoms. The second kappa shape index (κ2) is 10.4. The highest BCUT2D eigenvalue weighted by molar-refractivity contribution is 9.10. The summed E-state index contributed by atoms with van der Waals surface area (Å²) in [7, 11) is 0. The summed E-state index contributed by atoms with van der Waals surface area (Å²) in [4.78, 5) is 17.4. The van der Waals surface area contributed by atoms with Gasteiger partial charge in [0.1, 0.15) is 24.3 Å². The van der Waals surface area contributed by atoms with Crippen LogP contribution in [0.4, 0.5) is 15.9 Å². The van der Waals surface area contributed by atoms with E-state index in [-0.39, 0.29) is 11.3 Å². The van der Waals surface area contributed by atoms with E-state index in [1.807, 2.05) is 24.3 Å². The highest BCUT2D eigenvalue weighted by atomic mass is 79.9. The number of anilines is 2. The molecule has 8 nitrogen and oxygen atoms in total. The molecule has 6 atom stereocenters. The largest absolute Gasteiger partial charge is 0.508 e. The highest BCUT2D eigenvalue weighted by Gasteiger charge is 2.58. The maximum Gasteiger partial charge on any atom is 0.318 e. The Hall–Kier alpha value is -2.69. The molecule has 232 valence electrons. The Labute approximate surface area is 266 Å². The van der Waals surface area contributed by atoms with Gasteiger partial charge in [0.25, 0.3) is 0 Å². The summed E-state index contributed by atoms with van der Waals surface area (Å²) in [5.41, 5.74) is 2.94. The van der Waals surface area contributed by atoms with E-state index in [0.29, 0.717) is 56.2 Å². The SMILES string of the molecule is Oc1cc(N2CCc3c(nc(OCC45CC(F)CN4C4CCCC4C5)nc3N3CC4CCC(C3)N4)C2)c2c(Br)cccc2c1. The first-order chi connectivity index (χ1) is 21.4. The normalized spacial score (nSPS) is 32.7. The molecule has 2 bridgehead atoms. The lowest BCUT2D eigenvalue weighted by molar-refractivity contribution is 0.0829. The molecule has 6 aliphatic rings. The van der Waals surface area contributed by atoms with Gasteiger partial charge in [-0.25, -0.2) is 4.39 Å². The Balaban J connectivity index is 1.07. The average Bonchev–Trinajstić information content (AvgIpc) is 3.75. The van der Waals surface area contributed by atoms with Gasteiger partial charge >= 0.3 is 6.01 Å². The Morgan fingerprint density at radius 2 is 1.91 bits per heavy atom. The number of halogens is 2. The first kappa shape index (κ1) is 27.6. The average molecular weight is 664 g/mol. The number of ether oxygens (including phenoxy) is 1. The van der Waals surface area contributed by atoms with Crippen molar-refractivity contribution in [1.82, 2.24) is 20.2 Å². The van der Waals surface area contributed by atoms with Gasteiger partial charge in [-0.05, 0) is 62.0 Å². The molecule has 0 radical (unpaired) electrons. The maximum absolute atomic E-state index is 14.9. The molecule has 3 aromatic rings. The highest BCUT2D eigenvalue weighted by Crippen LogP contribution is 2.52. The van der Waals surface area contributed by atoms with Crippen LogP contribution in [0.5, 0.6) is 11.8 Å². The third-order valence-corrected chi connectivity index (χ3v) is 12.2. The van der Waals surface area contributed by atoms with Crippen LogP contribution < -0.4 is 19.9 Å². The van der Waals surface area contributed by atoms with Crippen molar-refractivity contribution in [2.75, 3.05) is 42.6 Å². The predicted octanol–water partition coefficient (Wildman–Crippen LogP) is 5.34. The molecule has 5 fully saturated rings. The number of nitrogens with one attached hydrogen (secondary N) is 1. The summed E-state index contributed by atoms with van der Waals surface area (Å²) in [6.07, 6.45) is 7.69. The van der Waals surface area contributed by atoms with Crippen molar-refractivity contribution >= 4 is 38.2 Å². The van der Waals surface area contributed by atoms with Crippen LogP contribution in [0, 0.1) is 5.92 Å². The van der Waals surface area contributed by atoms with E-state index in [4.69, 9.17) is 14.7 Å². The first-order valence-electron chi connectivity index (χ1n) is 16.5. The molecule has 44 heavy (non-hydrogen) atoms. The summed E-state index contributed by atoms with van der Waals surface area (Å²) in [5, 5.41) is 16.5. The first-order valence-corrected chi connectivity index (χ1v) is 17.3. The lowest BCUT2D eigenvalue weighted by atomic mass is 9.89. The number of phenolic OH excluding ortho intramolecular Hbond substituents is 1. The lowest BCUT2D eigenvalue weighted by Gasteiger charge is -2.38. The van der Waals surface area contributed by atoms with Crippen molar-refractivity contribution in [3.63, 3.8) is 0 Å². The zero-order valence-electron chi connectivity index (χ0n) is 25.0. The number of alkyl halides is 1. The van der Waals surface area contributed by atoms with E-state index in [2.05, 4.69) is 42.0 Å². The minimum Gasteiger partial charge on any atom is -0.508 e. The fraction of sp³-hybridized carbons (Fsp3) is 0.588. The second-order valence-electron chi connectivity index (χ2n) is 14.2. The van der Waals surface area contributed by atoms with E-state index < -0.39 is 6.17 Å². The van der Waals surface area contributed by atoms with Crippen LogP contribution in [0.25, 0.3) is 10.8 Å². The Bertz CT molecular complexity index is 1610. The van der Waals surface area contributed by atoms with Crippen LogP contribution in [0.3, 0.4) is 0 Å². The number of piperazine rings is 1. The molecule has 2 N–H and O–H groups in total. The second-order valence-corrected chi connectivity index (χ2v) is 15.1. The van der Waals surface area contributed by atoms with Crippen LogP contribution in [0.2, 0.25) is 0 Å². The van der Waals surface area contributed by atoms with Crippen molar-refractivity contribution in [1.29, 1.82) is 0 Å². The third kappa shape index (κ3) is 4.49. The topological polar surface area (TPSA) is 77.0 Å². The quantitative estimate of drug-likeness (QED) is 0.380. The molecule has 1 aromatic heterocycles. The van der Waals surface area contributed by atoms with E-state index >= 15 is 0 Å². The summed E-state index contributed by atoms with van der Waals surface area (Å²) in [6, 6.07) is 11.7. The number of benzene rings is 2. The smallest absolute Gasteiger partial charge is 0.318 e. The zero-order chi connectivity index (χ0) is 29.6. The fourth-order valence-corrected chi connectivity index (χ4v) is 10.3. The Morgan fingerprint density at radius 1 is 1.05 bits per heavy atom. The van der Waals surface area contributed by atoms with Crippen molar-refractivity contribution in [3.05, 3.63) is 46.1 Å². The van der Waals surface area contributed by atoms with Crippen LogP contribution in [-0.4, -0.2) is 82.6 Å². The van der Waals surface area contributed by atoms with Crippen molar-refractivity contribution in [2.24, 2.45) is 5.92 Å². The number of nitrogens with zero attached hydrogens (tertiary/aromatic N) is 5. The molecule has 10 heteroatoms. The summed E-state index contributed by atoms with van der Waals surface area (Å²) >= 11 is 3.76. The molecule has 6 unspecified atom stereocenters. The van der Waals surface area contributed by atoms with E-state index in [9.17, 15) is 9.50 Å². The minimum absolute atomic E-state index is 0.248. The van der Waals surface area contributed by atoms with Gasteiger partial charge in [-0.3, -0.25) is 4.90 Å². The molecule has 2 aromatic carbocycles. The van der Waals surface area contributed by atoms with Crippen LogP contribution in [-0.2, 0) is 13.0 Å². The third-order valence-electron chi connectivity index (χ3n) is 11.5. The van der Waals surface area contributed by atoms with Gasteiger partial charge in [-0.2, -0.15) is 9.97 Å². The number of aromatic nitrogens is 2. The molecular formula is C34H40BrFN6O2.